The predicted molar refractivity (Wildman–Crippen MR) is 98.9 cm³/mol. The van der Waals surface area contributed by atoms with Gasteiger partial charge in [0.05, 0.1) is 11.7 Å². The minimum atomic E-state index is 0.211. The Morgan fingerprint density at radius 1 is 1.15 bits per heavy atom. The van der Waals surface area contributed by atoms with E-state index in [0.717, 1.165) is 43.2 Å². The van der Waals surface area contributed by atoms with Crippen molar-refractivity contribution in [1.29, 1.82) is 0 Å². The molecule has 6 heteroatoms. The lowest BCUT2D eigenvalue weighted by molar-refractivity contribution is 0.232. The molecule has 0 spiro atoms. The molecule has 0 aliphatic carbocycles. The van der Waals surface area contributed by atoms with Crippen LogP contribution in [0.5, 0.6) is 11.6 Å². The molecule has 1 saturated heterocycles. The average Bonchev–Trinajstić information content (AvgIpc) is 3.25. The van der Waals surface area contributed by atoms with Gasteiger partial charge in [0.2, 0.25) is 5.88 Å². The number of ether oxygens (including phenoxy) is 1. The van der Waals surface area contributed by atoms with Crippen LogP contribution < -0.4 is 4.74 Å². The van der Waals surface area contributed by atoms with Gasteiger partial charge in [-0.15, -0.1) is 0 Å². The average molecular weight is 349 g/mol. The van der Waals surface area contributed by atoms with E-state index in [4.69, 9.17) is 14.7 Å². The Hall–Kier alpha value is -2.73. The third-order valence-electron chi connectivity index (χ3n) is 4.76. The van der Waals surface area contributed by atoms with Gasteiger partial charge in [0.1, 0.15) is 11.6 Å². The van der Waals surface area contributed by atoms with Gasteiger partial charge in [0.25, 0.3) is 0 Å². The van der Waals surface area contributed by atoms with Gasteiger partial charge < -0.3 is 4.74 Å². The molecule has 1 atom stereocenters. The summed E-state index contributed by atoms with van der Waals surface area (Å²) >= 11 is 0. The molecule has 1 fully saturated rings. The summed E-state index contributed by atoms with van der Waals surface area (Å²) in [5, 5.41) is 4.27. The molecule has 0 saturated carbocycles. The highest BCUT2D eigenvalue weighted by Crippen LogP contribution is 2.32. The summed E-state index contributed by atoms with van der Waals surface area (Å²) in [6, 6.07) is 13.9. The van der Waals surface area contributed by atoms with Crippen LogP contribution in [0.1, 0.15) is 36.1 Å². The van der Waals surface area contributed by atoms with Gasteiger partial charge in [0, 0.05) is 31.5 Å². The molecule has 0 N–H and O–H groups in total. The second-order valence-electron chi connectivity index (χ2n) is 6.70. The molecule has 134 valence electrons. The molecular formula is C20H23N5O. The predicted octanol–water partition coefficient (Wildman–Crippen LogP) is 3.65. The summed E-state index contributed by atoms with van der Waals surface area (Å²) < 4.78 is 7.86. The van der Waals surface area contributed by atoms with Crippen molar-refractivity contribution in [3.63, 3.8) is 0 Å². The van der Waals surface area contributed by atoms with Crippen LogP contribution >= 0.6 is 0 Å². The fourth-order valence-electron chi connectivity index (χ4n) is 3.44. The molecule has 1 aliphatic heterocycles. The van der Waals surface area contributed by atoms with E-state index < -0.39 is 0 Å². The smallest absolute Gasteiger partial charge is 0.222 e. The zero-order valence-corrected chi connectivity index (χ0v) is 15.2. The second kappa shape index (κ2) is 7.25. The Bertz CT molecular complexity index is 877. The van der Waals surface area contributed by atoms with Gasteiger partial charge in [0.15, 0.2) is 0 Å². The van der Waals surface area contributed by atoms with E-state index in [9.17, 15) is 0 Å². The highest BCUT2D eigenvalue weighted by atomic mass is 16.5. The molecule has 3 heterocycles. The molecule has 2 aromatic heterocycles. The van der Waals surface area contributed by atoms with Gasteiger partial charge in [-0.2, -0.15) is 10.1 Å². The van der Waals surface area contributed by atoms with Crippen LogP contribution in [0.25, 0.3) is 0 Å². The van der Waals surface area contributed by atoms with Crippen molar-refractivity contribution in [3.05, 3.63) is 65.9 Å². The number of likely N-dealkylation sites (tertiary alicyclic amines) is 1. The minimum absolute atomic E-state index is 0.211. The van der Waals surface area contributed by atoms with Crippen molar-refractivity contribution in [3.8, 4) is 11.6 Å². The molecule has 3 aromatic rings. The molecule has 0 radical (unpaired) electrons. The van der Waals surface area contributed by atoms with Gasteiger partial charge in [-0.3, -0.25) is 9.58 Å². The minimum Gasteiger partial charge on any atom is -0.439 e. The molecular weight excluding hydrogens is 326 g/mol. The topological polar surface area (TPSA) is 56.1 Å². The van der Waals surface area contributed by atoms with E-state index in [2.05, 4.69) is 16.1 Å². The van der Waals surface area contributed by atoms with E-state index in [-0.39, 0.29) is 6.04 Å². The maximum Gasteiger partial charge on any atom is 0.222 e. The summed E-state index contributed by atoms with van der Waals surface area (Å²) in [5.74, 6) is 2.23. The van der Waals surface area contributed by atoms with Gasteiger partial charge >= 0.3 is 0 Å². The highest BCUT2D eigenvalue weighted by Gasteiger charge is 2.29. The summed E-state index contributed by atoms with van der Waals surface area (Å²) in [6.07, 6.45) is 4.05. The number of rotatable bonds is 5. The number of para-hydroxylation sites is 1. The van der Waals surface area contributed by atoms with E-state index >= 15 is 0 Å². The van der Waals surface area contributed by atoms with Crippen LogP contribution in [0.3, 0.4) is 0 Å². The van der Waals surface area contributed by atoms with E-state index in [1.165, 1.54) is 5.69 Å². The number of hydrogen-bond donors (Lipinski definition) is 0. The molecule has 26 heavy (non-hydrogen) atoms. The summed E-state index contributed by atoms with van der Waals surface area (Å²) in [7, 11) is 1.98. The van der Waals surface area contributed by atoms with Gasteiger partial charge in [-0.1, -0.05) is 18.2 Å². The summed E-state index contributed by atoms with van der Waals surface area (Å²) in [6.45, 7) is 3.89. The van der Waals surface area contributed by atoms with Crippen molar-refractivity contribution < 1.29 is 4.74 Å². The first-order valence-electron chi connectivity index (χ1n) is 8.98. The van der Waals surface area contributed by atoms with Crippen molar-refractivity contribution >= 4 is 0 Å². The summed E-state index contributed by atoms with van der Waals surface area (Å²) in [4.78, 5) is 11.8. The molecule has 0 amide bonds. The standard InChI is InChI=1S/C20H23N5O/c1-15-13-19(26-17-7-4-3-5-8-17)23-20(22-15)18-9-6-12-25(18)14-16-10-11-21-24(16)2/h3-5,7-8,10-11,13,18H,6,9,12,14H2,1-2H3/t18-/m0/s1. The number of nitrogens with zero attached hydrogens (tertiary/aromatic N) is 5. The maximum absolute atomic E-state index is 5.94. The Balaban J connectivity index is 1.57. The van der Waals surface area contributed by atoms with Crippen molar-refractivity contribution in [2.24, 2.45) is 7.05 Å². The first kappa shape index (κ1) is 16.7. The fourth-order valence-corrected chi connectivity index (χ4v) is 3.44. The van der Waals surface area contributed by atoms with Crippen molar-refractivity contribution in [2.75, 3.05) is 6.54 Å². The lowest BCUT2D eigenvalue weighted by atomic mass is 10.2. The molecule has 0 unspecified atom stereocenters. The number of aromatic nitrogens is 4. The zero-order chi connectivity index (χ0) is 17.9. The lowest BCUT2D eigenvalue weighted by Gasteiger charge is -2.23. The largest absolute Gasteiger partial charge is 0.439 e. The summed E-state index contributed by atoms with van der Waals surface area (Å²) in [5.41, 5.74) is 2.12. The molecule has 4 rings (SSSR count). The van der Waals surface area contributed by atoms with Crippen LogP contribution in [-0.2, 0) is 13.6 Å². The van der Waals surface area contributed by atoms with Gasteiger partial charge in [-0.05, 0) is 44.5 Å². The molecule has 1 aliphatic rings. The number of aryl methyl sites for hydroxylation is 2. The van der Waals surface area contributed by atoms with Crippen LogP contribution in [0.2, 0.25) is 0 Å². The first-order chi connectivity index (χ1) is 12.7. The lowest BCUT2D eigenvalue weighted by Crippen LogP contribution is -2.25. The van der Waals surface area contributed by atoms with Crippen LogP contribution in [0, 0.1) is 6.92 Å². The quantitative estimate of drug-likeness (QED) is 0.704. The molecule has 6 nitrogen and oxygen atoms in total. The number of hydrogen-bond acceptors (Lipinski definition) is 5. The first-order valence-corrected chi connectivity index (χ1v) is 8.98. The third kappa shape index (κ3) is 3.60. The van der Waals surface area contributed by atoms with Crippen LogP contribution in [0.15, 0.2) is 48.7 Å². The van der Waals surface area contributed by atoms with Crippen molar-refractivity contribution in [2.45, 2.75) is 32.4 Å². The fraction of sp³-hybridized carbons (Fsp3) is 0.350. The van der Waals surface area contributed by atoms with E-state index in [1.54, 1.807) is 0 Å². The second-order valence-corrected chi connectivity index (χ2v) is 6.70. The maximum atomic E-state index is 5.94. The number of benzene rings is 1. The molecule has 1 aromatic carbocycles. The Morgan fingerprint density at radius 3 is 2.77 bits per heavy atom. The molecule has 0 bridgehead atoms. The Kier molecular flexibility index (Phi) is 4.67. The third-order valence-corrected chi connectivity index (χ3v) is 4.76. The van der Waals surface area contributed by atoms with E-state index in [1.807, 2.05) is 61.2 Å². The monoisotopic (exact) mass is 349 g/mol. The highest BCUT2D eigenvalue weighted by molar-refractivity contribution is 5.27. The van der Waals surface area contributed by atoms with Crippen LogP contribution in [-0.4, -0.2) is 31.2 Å². The zero-order valence-electron chi connectivity index (χ0n) is 15.2. The Morgan fingerprint density at radius 2 is 2.00 bits per heavy atom. The van der Waals surface area contributed by atoms with Crippen molar-refractivity contribution in [1.82, 2.24) is 24.6 Å². The SMILES string of the molecule is Cc1cc(Oc2ccccc2)nc([C@@H]2CCCN2Cc2ccnn2C)n1. The van der Waals surface area contributed by atoms with Crippen LogP contribution in [0.4, 0.5) is 0 Å². The normalized spacial score (nSPS) is 17.5. The van der Waals surface area contributed by atoms with Gasteiger partial charge in [-0.25, -0.2) is 4.98 Å². The van der Waals surface area contributed by atoms with E-state index in [0.29, 0.717) is 5.88 Å². The Labute approximate surface area is 153 Å².